The highest BCUT2D eigenvalue weighted by Crippen LogP contribution is 2.23. The molecule has 2 N–H and O–H groups in total. The third-order valence-electron chi connectivity index (χ3n) is 3.05. The van der Waals surface area contributed by atoms with Crippen molar-refractivity contribution >= 4 is 15.8 Å². The van der Waals surface area contributed by atoms with Crippen molar-refractivity contribution in [1.29, 1.82) is 0 Å². The van der Waals surface area contributed by atoms with Crippen LogP contribution in [0.1, 0.15) is 11.1 Å². The van der Waals surface area contributed by atoms with Crippen LogP contribution in [0.15, 0.2) is 23.2 Å². The predicted octanol–water partition coefficient (Wildman–Crippen LogP) is 1.65. The van der Waals surface area contributed by atoms with E-state index in [1.165, 1.54) is 13.1 Å². The first kappa shape index (κ1) is 21.1. The Morgan fingerprint density at radius 3 is 2.52 bits per heavy atom. The molecule has 0 unspecified atom stereocenters. The molecule has 0 bridgehead atoms. The van der Waals surface area contributed by atoms with Crippen LogP contribution in [0.5, 0.6) is 5.75 Å². The largest absolute Gasteiger partial charge is 0.484 e. The molecule has 0 aliphatic heterocycles. The van der Waals surface area contributed by atoms with Gasteiger partial charge in [-0.2, -0.15) is 13.2 Å². The van der Waals surface area contributed by atoms with Gasteiger partial charge in [-0.1, -0.05) is 12.1 Å². The summed E-state index contributed by atoms with van der Waals surface area (Å²) in [4.78, 5) is 3.93. The molecular weight excluding hydrogens is 359 g/mol. The summed E-state index contributed by atoms with van der Waals surface area (Å²) in [5.74, 6) is 0.417. The van der Waals surface area contributed by atoms with Gasteiger partial charge in [0.25, 0.3) is 0 Å². The van der Waals surface area contributed by atoms with Crippen molar-refractivity contribution in [2.75, 3.05) is 32.2 Å². The minimum absolute atomic E-state index is 0.0574. The Bertz CT molecular complexity index is 704. The molecule has 0 aromatic heterocycles. The van der Waals surface area contributed by atoms with E-state index >= 15 is 0 Å². The number of aryl methyl sites for hydroxylation is 1. The highest BCUT2D eigenvalue weighted by atomic mass is 32.2. The number of hydrogen-bond acceptors (Lipinski definition) is 4. The van der Waals surface area contributed by atoms with Crippen LogP contribution in [0, 0.1) is 6.92 Å². The molecule has 0 amide bonds. The number of guanidine groups is 1. The zero-order valence-electron chi connectivity index (χ0n) is 14.3. The zero-order chi connectivity index (χ0) is 19.1. The van der Waals surface area contributed by atoms with E-state index in [2.05, 4.69) is 15.6 Å². The van der Waals surface area contributed by atoms with E-state index in [1.54, 1.807) is 19.1 Å². The Morgan fingerprint density at radius 1 is 1.28 bits per heavy atom. The van der Waals surface area contributed by atoms with Crippen molar-refractivity contribution in [1.82, 2.24) is 10.6 Å². The van der Waals surface area contributed by atoms with E-state index in [9.17, 15) is 21.6 Å². The van der Waals surface area contributed by atoms with Crippen molar-refractivity contribution in [2.24, 2.45) is 4.99 Å². The average molecular weight is 381 g/mol. The highest BCUT2D eigenvalue weighted by molar-refractivity contribution is 7.90. The third-order valence-corrected chi connectivity index (χ3v) is 3.99. The van der Waals surface area contributed by atoms with Crippen LogP contribution in [0.3, 0.4) is 0 Å². The van der Waals surface area contributed by atoms with Gasteiger partial charge in [0.05, 0.1) is 5.75 Å². The summed E-state index contributed by atoms with van der Waals surface area (Å²) in [6.45, 7) is 0.726. The van der Waals surface area contributed by atoms with Gasteiger partial charge in [0.2, 0.25) is 0 Å². The molecule has 1 aromatic rings. The van der Waals surface area contributed by atoms with Gasteiger partial charge in [-0.3, -0.25) is 4.99 Å². The van der Waals surface area contributed by atoms with Crippen LogP contribution in [-0.4, -0.2) is 52.8 Å². The van der Waals surface area contributed by atoms with E-state index in [0.717, 1.165) is 11.8 Å². The van der Waals surface area contributed by atoms with Crippen LogP contribution in [-0.2, 0) is 16.4 Å². The lowest BCUT2D eigenvalue weighted by Gasteiger charge is -2.16. The molecule has 0 aliphatic carbocycles. The summed E-state index contributed by atoms with van der Waals surface area (Å²) in [5.41, 5.74) is 1.30. The number of sulfone groups is 1. The molecular formula is C15H22F3N3O3S. The lowest BCUT2D eigenvalue weighted by molar-refractivity contribution is -0.153. The maximum atomic E-state index is 12.4. The molecule has 0 atom stereocenters. The Labute approximate surface area is 145 Å². The summed E-state index contributed by atoms with van der Waals surface area (Å²) >= 11 is 0. The summed E-state index contributed by atoms with van der Waals surface area (Å²) in [6, 6.07) is 4.96. The summed E-state index contributed by atoms with van der Waals surface area (Å²) in [5, 5.41) is 5.73. The second kappa shape index (κ2) is 8.93. The first-order valence-electron chi connectivity index (χ1n) is 7.41. The van der Waals surface area contributed by atoms with Crippen molar-refractivity contribution in [3.63, 3.8) is 0 Å². The fraction of sp³-hybridized carbons (Fsp3) is 0.533. The van der Waals surface area contributed by atoms with E-state index in [-0.39, 0.29) is 24.6 Å². The summed E-state index contributed by atoms with van der Waals surface area (Å²) < 4.78 is 64.1. The first-order valence-corrected chi connectivity index (χ1v) is 9.47. The number of nitrogens with one attached hydrogen (secondary N) is 2. The SMILES string of the molecule is CN=C(NCCS(C)(=O)=O)NCc1ccc(C)cc1OCC(F)(F)F. The number of aliphatic imine (C=N–C) groups is 1. The number of halogens is 3. The van der Waals surface area contributed by atoms with Crippen LogP contribution >= 0.6 is 0 Å². The zero-order valence-corrected chi connectivity index (χ0v) is 15.1. The molecule has 0 spiro atoms. The van der Waals surface area contributed by atoms with Crippen molar-refractivity contribution < 1.29 is 26.3 Å². The molecule has 0 radical (unpaired) electrons. The normalized spacial score (nSPS) is 12.8. The van der Waals surface area contributed by atoms with Gasteiger partial charge in [-0.15, -0.1) is 0 Å². The van der Waals surface area contributed by atoms with Crippen LogP contribution in [0.2, 0.25) is 0 Å². The molecule has 1 rings (SSSR count). The lowest BCUT2D eigenvalue weighted by atomic mass is 10.1. The van der Waals surface area contributed by atoms with Gasteiger partial charge in [0.1, 0.15) is 15.6 Å². The van der Waals surface area contributed by atoms with Gasteiger partial charge < -0.3 is 15.4 Å². The van der Waals surface area contributed by atoms with E-state index < -0.39 is 22.6 Å². The Balaban J connectivity index is 2.68. The standard InChI is InChI=1S/C15H22F3N3O3S/c1-11-4-5-12(13(8-11)24-10-15(16,17)18)9-21-14(19-2)20-6-7-25(3,22)23/h4-5,8H,6-7,9-10H2,1-3H3,(H2,19,20,21). The van der Waals surface area contributed by atoms with Gasteiger partial charge in [0.15, 0.2) is 12.6 Å². The fourth-order valence-electron chi connectivity index (χ4n) is 1.86. The highest BCUT2D eigenvalue weighted by Gasteiger charge is 2.28. The molecule has 0 fully saturated rings. The molecule has 0 heterocycles. The lowest BCUT2D eigenvalue weighted by Crippen LogP contribution is -2.39. The minimum Gasteiger partial charge on any atom is -0.484 e. The number of hydrogen-bond donors (Lipinski definition) is 2. The minimum atomic E-state index is -4.42. The Kier molecular flexibility index (Phi) is 7.53. The first-order chi connectivity index (χ1) is 11.5. The maximum Gasteiger partial charge on any atom is 0.422 e. The second-order valence-electron chi connectivity index (χ2n) is 5.50. The van der Waals surface area contributed by atoms with Gasteiger partial charge in [-0.25, -0.2) is 8.42 Å². The van der Waals surface area contributed by atoms with Crippen LogP contribution in [0.4, 0.5) is 13.2 Å². The number of rotatable bonds is 7. The van der Waals surface area contributed by atoms with Gasteiger partial charge in [-0.05, 0) is 18.6 Å². The Hall–Kier alpha value is -1.97. The molecule has 1 aromatic carbocycles. The topological polar surface area (TPSA) is 79.8 Å². The molecule has 142 valence electrons. The maximum absolute atomic E-state index is 12.4. The fourth-order valence-corrected chi connectivity index (χ4v) is 2.33. The Morgan fingerprint density at radius 2 is 1.96 bits per heavy atom. The molecule has 0 saturated heterocycles. The number of benzene rings is 1. The van der Waals surface area contributed by atoms with Crippen LogP contribution < -0.4 is 15.4 Å². The number of ether oxygens (including phenoxy) is 1. The molecule has 25 heavy (non-hydrogen) atoms. The molecule has 0 saturated carbocycles. The number of nitrogens with zero attached hydrogens (tertiary/aromatic N) is 1. The second-order valence-corrected chi connectivity index (χ2v) is 7.76. The van der Waals surface area contributed by atoms with Gasteiger partial charge in [0, 0.05) is 32.0 Å². The molecule has 10 heteroatoms. The van der Waals surface area contributed by atoms with Gasteiger partial charge >= 0.3 is 6.18 Å². The monoisotopic (exact) mass is 381 g/mol. The van der Waals surface area contributed by atoms with Crippen molar-refractivity contribution in [2.45, 2.75) is 19.6 Å². The molecule has 0 aliphatic rings. The average Bonchev–Trinajstić information content (AvgIpc) is 2.48. The van der Waals surface area contributed by atoms with E-state index in [4.69, 9.17) is 4.74 Å². The van der Waals surface area contributed by atoms with E-state index in [0.29, 0.717) is 11.5 Å². The smallest absolute Gasteiger partial charge is 0.422 e. The van der Waals surface area contributed by atoms with E-state index in [1.807, 2.05) is 0 Å². The van der Waals surface area contributed by atoms with Crippen molar-refractivity contribution in [3.05, 3.63) is 29.3 Å². The van der Waals surface area contributed by atoms with Crippen LogP contribution in [0.25, 0.3) is 0 Å². The number of alkyl halides is 3. The third kappa shape index (κ3) is 9.18. The summed E-state index contributed by atoms with van der Waals surface area (Å²) in [7, 11) is -1.59. The predicted molar refractivity (Wildman–Crippen MR) is 90.6 cm³/mol. The summed E-state index contributed by atoms with van der Waals surface area (Å²) in [6.07, 6.45) is -3.29. The molecule has 6 nitrogen and oxygen atoms in total. The quantitative estimate of drug-likeness (QED) is 0.555. The van der Waals surface area contributed by atoms with Crippen molar-refractivity contribution in [3.8, 4) is 5.75 Å².